The number of hydrogen-bond acceptors (Lipinski definition) is 22. The van der Waals surface area contributed by atoms with Gasteiger partial charge in [-0.1, -0.05) is 170 Å². The Morgan fingerprint density at radius 1 is 0.524 bits per heavy atom. The third-order valence-corrected chi connectivity index (χ3v) is 20.9. The molecule has 4 aliphatic rings. The van der Waals surface area contributed by atoms with Gasteiger partial charge in [-0.05, 0) is 215 Å². The Balaban J connectivity index is 0.000000507. The van der Waals surface area contributed by atoms with Crippen molar-refractivity contribution in [1.82, 2.24) is 30.2 Å². The number of esters is 7. The molecule has 696 valence electrons. The van der Waals surface area contributed by atoms with E-state index in [4.69, 9.17) is 37.9 Å². The fourth-order valence-electron chi connectivity index (χ4n) is 14.1. The maximum atomic E-state index is 12.7. The number of hydrogen-bond donors (Lipinski definition) is 2. The summed E-state index contributed by atoms with van der Waals surface area (Å²) in [5.74, 6) is -0.225. The number of amides is 2. The number of nitrogens with one attached hydrogen (secondary N) is 2. The monoisotopic (exact) mass is 1810 g/mol. The first kappa shape index (κ1) is 112. The first-order chi connectivity index (χ1) is 58.5. The zero-order valence-electron chi connectivity index (χ0n) is 78.9. The zero-order valence-corrected chi connectivity index (χ0v) is 81.5. The molecule has 4 fully saturated rings. The number of ether oxygens (including phenoxy) is 9. The molecule has 26 heteroatoms. The minimum absolute atomic E-state index is 0.0146. The van der Waals surface area contributed by atoms with E-state index in [0.717, 1.165) is 116 Å². The van der Waals surface area contributed by atoms with E-state index >= 15 is 0 Å². The van der Waals surface area contributed by atoms with Crippen molar-refractivity contribution >= 4 is 77.8 Å². The van der Waals surface area contributed by atoms with E-state index < -0.39 is 30.5 Å². The Morgan fingerprint density at radius 2 is 0.935 bits per heavy atom. The second-order valence-electron chi connectivity index (χ2n) is 36.6. The maximum Gasteiger partial charge on any atom is 0.407 e. The molecule has 2 N–H and O–H groups in total. The zero-order chi connectivity index (χ0) is 92.7. The molecule has 6 atom stereocenters. The second kappa shape index (κ2) is 61.3. The van der Waals surface area contributed by atoms with Crippen LogP contribution in [0.2, 0.25) is 19.6 Å². The number of alkyl carbamates (subject to hydrolysis) is 1. The van der Waals surface area contributed by atoms with Crippen molar-refractivity contribution in [3.8, 4) is 0 Å². The number of halogens is 1. The third kappa shape index (κ3) is 56.8. The second-order valence-corrected chi connectivity index (χ2v) is 42.8. The van der Waals surface area contributed by atoms with E-state index in [0.29, 0.717) is 89.9 Å². The van der Waals surface area contributed by atoms with Crippen LogP contribution in [0.3, 0.4) is 0 Å². The highest BCUT2D eigenvalue weighted by molar-refractivity contribution is 9.09. The van der Waals surface area contributed by atoms with Gasteiger partial charge in [0.2, 0.25) is 5.91 Å². The van der Waals surface area contributed by atoms with E-state index in [2.05, 4.69) is 162 Å². The molecule has 4 saturated heterocycles. The molecule has 24 nitrogen and oxygen atoms in total. The Morgan fingerprint density at radius 3 is 1.35 bits per heavy atom. The quantitative estimate of drug-likeness (QED) is 0.00823. The predicted molar refractivity (Wildman–Crippen MR) is 498 cm³/mol. The van der Waals surface area contributed by atoms with Crippen LogP contribution in [0.15, 0.2) is 146 Å². The number of carbonyl (C=O) groups is 9. The lowest BCUT2D eigenvalue weighted by Gasteiger charge is -2.28. The van der Waals surface area contributed by atoms with Crippen LogP contribution < -0.4 is 10.6 Å². The number of nitrogens with zero attached hydrogens (tertiary/aromatic N) is 4. The SMILES string of the molecule is C=CC(=O)OC(C)(C)C.CCOC(=O)CCC/C=C/C(=O)OC(C)(C)C.CCOC(=O)CCCBr.CCOC(=O)CCCC1CN(Cc2ccccc2)CC1C(=O)OC(C)(C)C.CCOC(=O)CCCC1CN(Cc2ccccc2)CC1NC(=O)OC(C)(C)C.COCN(Cc1ccccc1)C[Si](C)(C)C.O=C1CCCC2CN(Cc3ccccc3)CC2N1. The van der Waals surface area contributed by atoms with Crippen LogP contribution in [0, 0.1) is 23.7 Å². The number of unbranched alkanes of at least 4 members (excludes halogenated alkanes) is 1. The molecule has 4 aliphatic heterocycles. The van der Waals surface area contributed by atoms with Crippen molar-refractivity contribution in [2.24, 2.45) is 23.7 Å². The average molecular weight is 1810 g/mol. The molecule has 2 amide bonds. The van der Waals surface area contributed by atoms with Gasteiger partial charge in [-0.15, -0.1) is 0 Å². The lowest BCUT2D eigenvalue weighted by Crippen LogP contribution is -2.43. The minimum atomic E-state index is -1.07. The van der Waals surface area contributed by atoms with Crippen molar-refractivity contribution < 1.29 is 85.8 Å². The highest BCUT2D eigenvalue weighted by atomic mass is 79.9. The van der Waals surface area contributed by atoms with Crippen molar-refractivity contribution in [2.45, 2.75) is 281 Å². The fraction of sp³-hybridized carbons (Fsp3) is 0.622. The van der Waals surface area contributed by atoms with Crippen molar-refractivity contribution in [3.05, 3.63) is 168 Å². The molecular weight excluding hydrogens is 1660 g/mol. The molecule has 0 saturated carbocycles. The van der Waals surface area contributed by atoms with E-state index in [1.807, 2.05) is 140 Å². The average Bonchev–Trinajstić information content (AvgIpc) is 1.69. The van der Waals surface area contributed by atoms with Crippen LogP contribution >= 0.6 is 15.9 Å². The van der Waals surface area contributed by atoms with Gasteiger partial charge < -0.3 is 53.3 Å². The fourth-order valence-corrected chi connectivity index (χ4v) is 16.0. The normalized spacial score (nSPS) is 17.7. The molecule has 4 heterocycles. The first-order valence-electron chi connectivity index (χ1n) is 44.5. The van der Waals surface area contributed by atoms with Crippen LogP contribution in [-0.4, -0.2) is 207 Å². The molecule has 8 rings (SSSR count). The standard InChI is InChI=1S/C22H34N2O4.C22H33NO4.C15H20N2O.C13H23NOSi.C13H22O4.C7H12O2.C6H11BrO2/c1-5-27-20(25)13-9-12-18-15-24(14-17-10-7-6-8-11-17)16-19(18)23-21(26)28-22(2,3)4;1-5-26-20(24)13-9-12-18-15-23(14-17-10-7-6-8-11-17)16-19(18)21(25)27-22(2,3)4;18-15-8-4-7-13-10-17(11-14(13)16-15)9-12-5-2-1-3-6-12;1-15-11-14(12-16(2,3)4)10-13-8-6-5-7-9-13;1-5-16-11(14)9-7-6-8-10-12(15)17-13(2,3)4;1-5-6(8)9-7(2,3)4;1-2-9-6(8)4-3-5-7/h6-8,10-11,18-19H,5,9,12-16H2,1-4H3,(H,23,26);6-8,10-11,18-19H,5,9,12-16H2,1-4H3;1-3,5-6,13-14H,4,7-11H2,(H,16,18);5-9H,10-12H2,1-4H3;8,10H,5-7,9H2,1-4H3;5H,1H2,2-4H3;2-5H2,1H3/b;;;;10-8+;;. The van der Waals surface area contributed by atoms with Crippen LogP contribution in [0.5, 0.6) is 0 Å². The van der Waals surface area contributed by atoms with Crippen LogP contribution in [-0.2, 0) is 107 Å². The van der Waals surface area contributed by atoms with Gasteiger partial charge in [-0.3, -0.25) is 48.4 Å². The number of benzene rings is 4. The highest BCUT2D eigenvalue weighted by Gasteiger charge is 2.41. The molecule has 0 radical (unpaired) electrons. The number of allylic oxidation sites excluding steroid dienone is 1. The topological polar surface area (TPSA) is 274 Å². The third-order valence-electron chi connectivity index (χ3n) is 18.9. The molecule has 0 aliphatic carbocycles. The Labute approximate surface area is 753 Å². The summed E-state index contributed by atoms with van der Waals surface area (Å²) in [5, 5.41) is 7.09. The Bertz CT molecular complexity index is 3700. The van der Waals surface area contributed by atoms with Crippen molar-refractivity contribution in [2.75, 3.05) is 91.0 Å². The van der Waals surface area contributed by atoms with Gasteiger partial charge in [0.05, 0.1) is 47.2 Å². The van der Waals surface area contributed by atoms with Crippen LogP contribution in [0.25, 0.3) is 0 Å². The summed E-state index contributed by atoms with van der Waals surface area (Å²) in [6.45, 7) is 51.3. The van der Waals surface area contributed by atoms with Crippen LogP contribution in [0.4, 0.5) is 4.79 Å². The predicted octanol–water partition coefficient (Wildman–Crippen LogP) is 18.2. The molecule has 4 aromatic carbocycles. The molecule has 6 unspecified atom stereocenters. The van der Waals surface area contributed by atoms with Gasteiger partial charge in [0.15, 0.2) is 0 Å². The van der Waals surface area contributed by atoms with Gasteiger partial charge in [0, 0.05) is 134 Å². The van der Waals surface area contributed by atoms with Crippen molar-refractivity contribution in [3.63, 3.8) is 0 Å². The Kier molecular flexibility index (Phi) is 55.4. The van der Waals surface area contributed by atoms with Gasteiger partial charge in [0.1, 0.15) is 22.4 Å². The number of rotatable bonds is 35. The highest BCUT2D eigenvalue weighted by Crippen LogP contribution is 2.33. The van der Waals surface area contributed by atoms with Crippen LogP contribution in [0.1, 0.15) is 223 Å². The van der Waals surface area contributed by atoms with Gasteiger partial charge in [-0.2, -0.15) is 0 Å². The summed E-state index contributed by atoms with van der Waals surface area (Å²) in [4.78, 5) is 113. The lowest BCUT2D eigenvalue weighted by atomic mass is 9.91. The maximum absolute atomic E-state index is 12.7. The lowest BCUT2D eigenvalue weighted by molar-refractivity contribution is -0.161. The summed E-state index contributed by atoms with van der Waals surface area (Å²) in [7, 11) is 0.701. The van der Waals surface area contributed by atoms with E-state index in [9.17, 15) is 43.2 Å². The number of fused-ring (bicyclic) bond motifs is 1. The first-order valence-corrected chi connectivity index (χ1v) is 49.3. The number of alkyl halides is 1. The molecule has 0 bridgehead atoms. The van der Waals surface area contributed by atoms with Gasteiger partial charge >= 0.3 is 47.9 Å². The summed E-state index contributed by atoms with van der Waals surface area (Å²) < 4.78 is 45.8. The van der Waals surface area contributed by atoms with E-state index in [1.165, 1.54) is 40.9 Å². The Hall–Kier alpha value is -8.11. The number of likely N-dealkylation sites (tertiary alicyclic amines) is 3. The van der Waals surface area contributed by atoms with Gasteiger partial charge in [0.25, 0.3) is 0 Å². The molecule has 0 aromatic heterocycles. The summed E-state index contributed by atoms with van der Waals surface area (Å²) in [6.07, 6.45) is 15.1. The summed E-state index contributed by atoms with van der Waals surface area (Å²) in [5.41, 5.74) is 3.35. The number of carbonyl (C=O) groups excluding carboxylic acids is 9. The molecule has 124 heavy (non-hydrogen) atoms. The number of methoxy groups -OCH3 is 1. The molecular formula is C98H155BrN6O18Si. The molecule has 0 spiro atoms. The summed E-state index contributed by atoms with van der Waals surface area (Å²) in [6, 6.07) is 42.2. The van der Waals surface area contributed by atoms with Gasteiger partial charge in [-0.25, -0.2) is 14.4 Å². The largest absolute Gasteiger partial charge is 0.466 e. The minimum Gasteiger partial charge on any atom is -0.466 e. The van der Waals surface area contributed by atoms with E-state index in [-0.39, 0.29) is 77.6 Å². The smallest absolute Gasteiger partial charge is 0.407 e. The van der Waals surface area contributed by atoms with Crippen molar-refractivity contribution in [1.29, 1.82) is 0 Å². The summed E-state index contributed by atoms with van der Waals surface area (Å²) >= 11 is 3.22. The van der Waals surface area contributed by atoms with E-state index in [1.54, 1.807) is 20.1 Å². The molecule has 4 aromatic rings.